The van der Waals surface area contributed by atoms with Crippen molar-refractivity contribution in [2.75, 3.05) is 13.2 Å². The Balaban J connectivity index is 3.11. The second kappa shape index (κ2) is 20.1. The van der Waals surface area contributed by atoms with Crippen LogP contribution in [0.25, 0.3) is 0 Å². The van der Waals surface area contributed by atoms with Crippen molar-refractivity contribution in [1.29, 1.82) is 0 Å². The van der Waals surface area contributed by atoms with E-state index in [2.05, 4.69) is 19.1 Å². The predicted molar refractivity (Wildman–Crippen MR) is 102 cm³/mol. The molecule has 0 aromatic heterocycles. The first kappa shape index (κ1) is 23.0. The molecule has 0 heterocycles. The molecule has 0 atom stereocenters. The van der Waals surface area contributed by atoms with E-state index in [1.54, 1.807) is 6.92 Å². The zero-order chi connectivity index (χ0) is 17.7. The average Bonchev–Trinajstić information content (AvgIpc) is 2.58. The highest BCUT2D eigenvalue weighted by atomic mass is 16.7. The molecule has 0 aliphatic rings. The molecule has 0 bridgehead atoms. The molecule has 3 nitrogen and oxygen atoms in total. The number of unbranched alkanes of at least 4 members (excludes halogenated alkanes) is 12. The summed E-state index contributed by atoms with van der Waals surface area (Å²) in [6.07, 6.45) is 22.2. The Morgan fingerprint density at radius 2 is 1.17 bits per heavy atom. The van der Waals surface area contributed by atoms with Crippen LogP contribution in [0.4, 0.5) is 4.79 Å². The third-order valence-corrected chi connectivity index (χ3v) is 4.14. The largest absolute Gasteiger partial charge is 0.508 e. The van der Waals surface area contributed by atoms with Gasteiger partial charge in [0.2, 0.25) is 0 Å². The molecule has 0 aromatic rings. The van der Waals surface area contributed by atoms with Gasteiger partial charge in [-0.1, -0.05) is 76.9 Å². The van der Waals surface area contributed by atoms with Gasteiger partial charge in [0.05, 0.1) is 13.2 Å². The second-order valence-corrected chi connectivity index (χ2v) is 6.47. The van der Waals surface area contributed by atoms with Crippen LogP contribution >= 0.6 is 0 Å². The fourth-order valence-corrected chi connectivity index (χ4v) is 2.66. The lowest BCUT2D eigenvalue weighted by Gasteiger charge is -2.04. The molecular weight excluding hydrogens is 300 g/mol. The summed E-state index contributed by atoms with van der Waals surface area (Å²) >= 11 is 0. The molecule has 142 valence electrons. The monoisotopic (exact) mass is 340 g/mol. The Bertz CT molecular complexity index is 287. The number of allylic oxidation sites excluding steroid dienone is 2. The number of ether oxygens (including phenoxy) is 2. The minimum Gasteiger partial charge on any atom is -0.435 e. The smallest absolute Gasteiger partial charge is 0.435 e. The first-order chi connectivity index (χ1) is 11.8. The summed E-state index contributed by atoms with van der Waals surface area (Å²) in [7, 11) is 0. The third-order valence-electron chi connectivity index (χ3n) is 4.14. The summed E-state index contributed by atoms with van der Waals surface area (Å²) in [6.45, 7) is 4.92. The molecule has 3 heteroatoms. The van der Waals surface area contributed by atoms with Crippen molar-refractivity contribution < 1.29 is 14.3 Å². The van der Waals surface area contributed by atoms with E-state index in [1.165, 1.54) is 77.0 Å². The third kappa shape index (κ3) is 19.1. The Kier molecular flexibility index (Phi) is 19.2. The summed E-state index contributed by atoms with van der Waals surface area (Å²) < 4.78 is 9.63. The van der Waals surface area contributed by atoms with Gasteiger partial charge in [-0.15, -0.1) is 0 Å². The number of hydrogen-bond donors (Lipinski definition) is 0. The maximum absolute atomic E-state index is 11.0. The highest BCUT2D eigenvalue weighted by Gasteiger charge is 2.00. The SMILES string of the molecule is CCCCCCCC/C=C/CCCCCCCCOC(=O)OCC. The topological polar surface area (TPSA) is 35.5 Å². The summed E-state index contributed by atoms with van der Waals surface area (Å²) in [5.41, 5.74) is 0. The number of carbonyl (C=O) groups is 1. The Hall–Kier alpha value is -0.990. The van der Waals surface area contributed by atoms with Crippen LogP contribution in [0.15, 0.2) is 12.2 Å². The number of rotatable bonds is 17. The van der Waals surface area contributed by atoms with Gasteiger partial charge in [-0.3, -0.25) is 0 Å². The summed E-state index contributed by atoms with van der Waals surface area (Å²) in [5, 5.41) is 0. The van der Waals surface area contributed by atoms with E-state index in [9.17, 15) is 4.79 Å². The lowest BCUT2D eigenvalue weighted by atomic mass is 10.1. The Morgan fingerprint density at radius 1 is 0.667 bits per heavy atom. The van der Waals surface area contributed by atoms with Crippen LogP contribution in [0.3, 0.4) is 0 Å². The van der Waals surface area contributed by atoms with Crippen LogP contribution in [0, 0.1) is 0 Å². The maximum Gasteiger partial charge on any atom is 0.508 e. The van der Waals surface area contributed by atoms with Crippen molar-refractivity contribution in [2.24, 2.45) is 0 Å². The van der Waals surface area contributed by atoms with Crippen molar-refractivity contribution in [3.8, 4) is 0 Å². The summed E-state index contributed by atoms with van der Waals surface area (Å²) in [5.74, 6) is 0. The van der Waals surface area contributed by atoms with E-state index < -0.39 is 6.16 Å². The van der Waals surface area contributed by atoms with Crippen molar-refractivity contribution in [2.45, 2.75) is 104 Å². The van der Waals surface area contributed by atoms with Gasteiger partial charge in [-0.05, 0) is 39.0 Å². The molecular formula is C21H40O3. The fourth-order valence-electron chi connectivity index (χ4n) is 2.66. The van der Waals surface area contributed by atoms with Crippen LogP contribution in [-0.2, 0) is 9.47 Å². The van der Waals surface area contributed by atoms with Gasteiger partial charge in [-0.2, -0.15) is 0 Å². The lowest BCUT2D eigenvalue weighted by Crippen LogP contribution is -2.07. The highest BCUT2D eigenvalue weighted by molar-refractivity contribution is 5.59. The quantitative estimate of drug-likeness (QED) is 0.159. The van der Waals surface area contributed by atoms with Crippen molar-refractivity contribution >= 4 is 6.16 Å². The van der Waals surface area contributed by atoms with E-state index >= 15 is 0 Å². The van der Waals surface area contributed by atoms with Crippen LogP contribution in [-0.4, -0.2) is 19.4 Å². The van der Waals surface area contributed by atoms with E-state index in [-0.39, 0.29) is 0 Å². The normalized spacial score (nSPS) is 11.1. The van der Waals surface area contributed by atoms with Gasteiger partial charge < -0.3 is 9.47 Å². The fraction of sp³-hybridized carbons (Fsp3) is 0.857. The van der Waals surface area contributed by atoms with Crippen LogP contribution < -0.4 is 0 Å². The second-order valence-electron chi connectivity index (χ2n) is 6.47. The van der Waals surface area contributed by atoms with Gasteiger partial charge in [0.15, 0.2) is 0 Å². The lowest BCUT2D eigenvalue weighted by molar-refractivity contribution is 0.0578. The molecule has 0 rings (SSSR count). The molecule has 0 aliphatic heterocycles. The van der Waals surface area contributed by atoms with Gasteiger partial charge in [0, 0.05) is 0 Å². The molecule has 0 radical (unpaired) electrons. The van der Waals surface area contributed by atoms with Crippen molar-refractivity contribution in [3.05, 3.63) is 12.2 Å². The molecule has 0 saturated carbocycles. The molecule has 0 spiro atoms. The van der Waals surface area contributed by atoms with Crippen molar-refractivity contribution in [1.82, 2.24) is 0 Å². The predicted octanol–water partition coefficient (Wildman–Crippen LogP) is 7.20. The molecule has 0 aromatic carbocycles. The van der Waals surface area contributed by atoms with Crippen molar-refractivity contribution in [3.63, 3.8) is 0 Å². The minimum absolute atomic E-state index is 0.381. The molecule has 0 N–H and O–H groups in total. The summed E-state index contributed by atoms with van der Waals surface area (Å²) in [4.78, 5) is 11.0. The zero-order valence-corrected chi connectivity index (χ0v) is 16.2. The number of carbonyl (C=O) groups excluding carboxylic acids is 1. The van der Waals surface area contributed by atoms with E-state index in [1.807, 2.05) is 0 Å². The molecule has 0 aliphatic carbocycles. The molecule has 0 amide bonds. The molecule has 24 heavy (non-hydrogen) atoms. The van der Waals surface area contributed by atoms with E-state index in [0.29, 0.717) is 13.2 Å². The number of hydrogen-bond acceptors (Lipinski definition) is 3. The first-order valence-electron chi connectivity index (χ1n) is 10.3. The Morgan fingerprint density at radius 3 is 1.71 bits per heavy atom. The van der Waals surface area contributed by atoms with Crippen LogP contribution in [0.1, 0.15) is 104 Å². The Labute approximate surface area is 150 Å². The molecule has 0 fully saturated rings. The summed E-state index contributed by atoms with van der Waals surface area (Å²) in [6, 6.07) is 0. The molecule has 0 unspecified atom stereocenters. The van der Waals surface area contributed by atoms with Gasteiger partial charge in [0.25, 0.3) is 0 Å². The van der Waals surface area contributed by atoms with Gasteiger partial charge in [0.1, 0.15) is 0 Å². The highest BCUT2D eigenvalue weighted by Crippen LogP contribution is 2.10. The molecule has 0 saturated heterocycles. The van der Waals surface area contributed by atoms with Gasteiger partial charge >= 0.3 is 6.16 Å². The average molecular weight is 341 g/mol. The van der Waals surface area contributed by atoms with E-state index in [4.69, 9.17) is 9.47 Å². The van der Waals surface area contributed by atoms with E-state index in [0.717, 1.165) is 12.8 Å². The zero-order valence-electron chi connectivity index (χ0n) is 16.2. The standard InChI is InChI=1S/C21H40O3/c1-3-5-6-7-8-9-10-11-12-13-14-15-16-17-18-19-20-24-21(22)23-4-2/h11-12H,3-10,13-20H2,1-2H3/b12-11+. The van der Waals surface area contributed by atoms with Crippen LogP contribution in [0.2, 0.25) is 0 Å². The maximum atomic E-state index is 11.0. The minimum atomic E-state index is -0.537. The van der Waals surface area contributed by atoms with Gasteiger partial charge in [-0.25, -0.2) is 4.79 Å². The first-order valence-corrected chi connectivity index (χ1v) is 10.3. The van der Waals surface area contributed by atoms with Crippen LogP contribution in [0.5, 0.6) is 0 Å².